The van der Waals surface area contributed by atoms with Crippen LogP contribution in [0.4, 0.5) is 0 Å². The number of ether oxygens (including phenoxy) is 1. The minimum atomic E-state index is -0.144. The maximum atomic E-state index is 11.4. The molecular formula is C15H23NO2. The van der Waals surface area contributed by atoms with E-state index in [0.717, 1.165) is 0 Å². The van der Waals surface area contributed by atoms with Gasteiger partial charge in [-0.25, -0.2) is 0 Å². The molecule has 0 heterocycles. The van der Waals surface area contributed by atoms with Gasteiger partial charge in [0.1, 0.15) is 0 Å². The predicted molar refractivity (Wildman–Crippen MR) is 73.4 cm³/mol. The van der Waals surface area contributed by atoms with E-state index < -0.39 is 0 Å². The molecule has 0 aromatic heterocycles. The van der Waals surface area contributed by atoms with E-state index in [1.54, 1.807) is 0 Å². The summed E-state index contributed by atoms with van der Waals surface area (Å²) in [6, 6.07) is 8.63. The Morgan fingerprint density at radius 3 is 2.61 bits per heavy atom. The monoisotopic (exact) mass is 249 g/mol. The number of carbonyl (C=O) groups excluding carboxylic acids is 1. The van der Waals surface area contributed by atoms with Crippen molar-refractivity contribution in [2.24, 2.45) is 0 Å². The summed E-state index contributed by atoms with van der Waals surface area (Å²) in [7, 11) is 0. The smallest absolute Gasteiger partial charge is 0.307 e. The Morgan fingerprint density at radius 1 is 1.33 bits per heavy atom. The predicted octanol–water partition coefficient (Wildman–Crippen LogP) is 2.99. The molecule has 1 aromatic rings. The zero-order chi connectivity index (χ0) is 13.5. The van der Waals surface area contributed by atoms with Gasteiger partial charge in [0.2, 0.25) is 0 Å². The lowest BCUT2D eigenvalue weighted by Crippen LogP contribution is -2.31. The first-order valence-corrected chi connectivity index (χ1v) is 6.51. The number of esters is 1. The largest absolute Gasteiger partial charge is 0.466 e. The minimum absolute atomic E-state index is 0.110. The van der Waals surface area contributed by atoms with Crippen LogP contribution in [-0.2, 0) is 9.53 Å². The molecule has 2 atom stereocenters. The summed E-state index contributed by atoms with van der Waals surface area (Å²) in [5, 5.41) is 3.43. The lowest BCUT2D eigenvalue weighted by Gasteiger charge is -2.21. The quantitative estimate of drug-likeness (QED) is 0.788. The minimum Gasteiger partial charge on any atom is -0.466 e. The van der Waals surface area contributed by atoms with Crippen LogP contribution in [0.15, 0.2) is 24.3 Å². The fourth-order valence-corrected chi connectivity index (χ4v) is 2.12. The average molecular weight is 249 g/mol. The van der Waals surface area contributed by atoms with Crippen LogP contribution in [0, 0.1) is 6.92 Å². The number of aryl methyl sites for hydroxylation is 1. The highest BCUT2D eigenvalue weighted by Crippen LogP contribution is 2.17. The van der Waals surface area contributed by atoms with Crippen LogP contribution in [0.3, 0.4) is 0 Å². The third-order valence-electron chi connectivity index (χ3n) is 2.97. The molecule has 0 bridgehead atoms. The standard InChI is InChI=1S/C15H23NO2/c1-5-18-15(17)10-12(3)16-13(4)14-9-7-6-8-11(14)2/h6-9,12-13,16H,5,10H2,1-4H3/t12?,13-/m0/s1. The highest BCUT2D eigenvalue weighted by molar-refractivity contribution is 5.70. The van der Waals surface area contributed by atoms with Crippen LogP contribution >= 0.6 is 0 Å². The topological polar surface area (TPSA) is 38.3 Å². The molecule has 100 valence electrons. The molecular weight excluding hydrogens is 226 g/mol. The maximum absolute atomic E-state index is 11.4. The summed E-state index contributed by atoms with van der Waals surface area (Å²) in [5.74, 6) is -0.144. The molecule has 0 amide bonds. The summed E-state index contributed by atoms with van der Waals surface area (Å²) < 4.78 is 4.94. The second-order valence-corrected chi connectivity index (χ2v) is 4.66. The molecule has 3 nitrogen and oxygen atoms in total. The number of carbonyl (C=O) groups is 1. The Balaban J connectivity index is 2.52. The number of hydrogen-bond donors (Lipinski definition) is 1. The third kappa shape index (κ3) is 4.49. The fourth-order valence-electron chi connectivity index (χ4n) is 2.12. The first-order chi connectivity index (χ1) is 8.54. The Labute approximate surface area is 110 Å². The molecule has 0 aliphatic heterocycles. The van der Waals surface area contributed by atoms with E-state index in [9.17, 15) is 4.79 Å². The number of benzene rings is 1. The SMILES string of the molecule is CCOC(=O)CC(C)N[C@@H](C)c1ccccc1C. The molecule has 0 saturated heterocycles. The third-order valence-corrected chi connectivity index (χ3v) is 2.97. The van der Waals surface area contributed by atoms with Crippen molar-refractivity contribution < 1.29 is 9.53 Å². The van der Waals surface area contributed by atoms with Crippen molar-refractivity contribution in [1.82, 2.24) is 5.32 Å². The molecule has 1 N–H and O–H groups in total. The van der Waals surface area contributed by atoms with Gasteiger partial charge in [-0.05, 0) is 38.8 Å². The molecule has 1 aromatic carbocycles. The molecule has 0 aliphatic rings. The van der Waals surface area contributed by atoms with Crippen LogP contribution in [0.25, 0.3) is 0 Å². The van der Waals surface area contributed by atoms with Crippen molar-refractivity contribution in [1.29, 1.82) is 0 Å². The van der Waals surface area contributed by atoms with E-state index in [1.807, 2.05) is 26.0 Å². The average Bonchev–Trinajstić information content (AvgIpc) is 2.29. The molecule has 0 radical (unpaired) electrons. The first kappa shape index (κ1) is 14.7. The lowest BCUT2D eigenvalue weighted by molar-refractivity contribution is -0.143. The van der Waals surface area contributed by atoms with Crippen molar-refractivity contribution in [3.8, 4) is 0 Å². The molecule has 1 rings (SSSR count). The Bertz CT molecular complexity index is 390. The second kappa shape index (κ2) is 7.17. The van der Waals surface area contributed by atoms with Crippen molar-refractivity contribution in [2.45, 2.75) is 46.2 Å². The van der Waals surface area contributed by atoms with E-state index in [1.165, 1.54) is 11.1 Å². The van der Waals surface area contributed by atoms with Crippen LogP contribution in [0.1, 0.15) is 44.4 Å². The molecule has 3 heteroatoms. The number of nitrogens with one attached hydrogen (secondary N) is 1. The van der Waals surface area contributed by atoms with Gasteiger partial charge in [0.05, 0.1) is 13.0 Å². The van der Waals surface area contributed by atoms with Gasteiger partial charge < -0.3 is 10.1 Å². The zero-order valence-corrected chi connectivity index (χ0v) is 11.7. The van der Waals surface area contributed by atoms with Gasteiger partial charge in [-0.3, -0.25) is 4.79 Å². The molecule has 0 aliphatic carbocycles. The summed E-state index contributed by atoms with van der Waals surface area (Å²) in [4.78, 5) is 11.4. The zero-order valence-electron chi connectivity index (χ0n) is 11.7. The Hall–Kier alpha value is -1.35. The van der Waals surface area contributed by atoms with Crippen LogP contribution in [0.5, 0.6) is 0 Å². The fraction of sp³-hybridized carbons (Fsp3) is 0.533. The maximum Gasteiger partial charge on any atom is 0.307 e. The van der Waals surface area contributed by atoms with Gasteiger partial charge in [-0.15, -0.1) is 0 Å². The van der Waals surface area contributed by atoms with E-state index in [0.29, 0.717) is 13.0 Å². The van der Waals surface area contributed by atoms with Crippen molar-refractivity contribution >= 4 is 5.97 Å². The van der Waals surface area contributed by atoms with E-state index >= 15 is 0 Å². The second-order valence-electron chi connectivity index (χ2n) is 4.66. The van der Waals surface area contributed by atoms with Gasteiger partial charge in [0.15, 0.2) is 0 Å². The van der Waals surface area contributed by atoms with E-state index in [2.05, 4.69) is 31.3 Å². The van der Waals surface area contributed by atoms with Crippen LogP contribution in [0.2, 0.25) is 0 Å². The Kier molecular flexibility index (Phi) is 5.86. The van der Waals surface area contributed by atoms with E-state index in [-0.39, 0.29) is 18.1 Å². The highest BCUT2D eigenvalue weighted by Gasteiger charge is 2.14. The van der Waals surface area contributed by atoms with Gasteiger partial charge in [0.25, 0.3) is 0 Å². The van der Waals surface area contributed by atoms with Crippen molar-refractivity contribution in [2.75, 3.05) is 6.61 Å². The molecule has 0 spiro atoms. The summed E-state index contributed by atoms with van der Waals surface area (Å²) in [6.45, 7) is 8.49. The molecule has 0 fully saturated rings. The van der Waals surface area contributed by atoms with E-state index in [4.69, 9.17) is 4.74 Å². The van der Waals surface area contributed by atoms with Gasteiger partial charge in [0, 0.05) is 12.1 Å². The summed E-state index contributed by atoms with van der Waals surface area (Å²) in [6.07, 6.45) is 0.407. The van der Waals surface area contributed by atoms with Gasteiger partial charge in [-0.1, -0.05) is 24.3 Å². The first-order valence-electron chi connectivity index (χ1n) is 6.51. The Morgan fingerprint density at radius 2 is 2.00 bits per heavy atom. The number of rotatable bonds is 6. The lowest BCUT2D eigenvalue weighted by atomic mass is 10.0. The highest BCUT2D eigenvalue weighted by atomic mass is 16.5. The van der Waals surface area contributed by atoms with Gasteiger partial charge >= 0.3 is 5.97 Å². The van der Waals surface area contributed by atoms with Crippen LogP contribution < -0.4 is 5.32 Å². The van der Waals surface area contributed by atoms with Crippen molar-refractivity contribution in [3.05, 3.63) is 35.4 Å². The summed E-state index contributed by atoms with van der Waals surface area (Å²) >= 11 is 0. The molecule has 1 unspecified atom stereocenters. The van der Waals surface area contributed by atoms with Crippen LogP contribution in [-0.4, -0.2) is 18.6 Å². The molecule has 0 saturated carbocycles. The summed E-state index contributed by atoms with van der Waals surface area (Å²) in [5.41, 5.74) is 2.54. The van der Waals surface area contributed by atoms with Crippen molar-refractivity contribution in [3.63, 3.8) is 0 Å². The normalized spacial score (nSPS) is 14.0. The van der Waals surface area contributed by atoms with Gasteiger partial charge in [-0.2, -0.15) is 0 Å². The number of hydrogen-bond acceptors (Lipinski definition) is 3. The molecule has 18 heavy (non-hydrogen) atoms.